The summed E-state index contributed by atoms with van der Waals surface area (Å²) in [7, 11) is 1.38. The third-order valence-corrected chi connectivity index (χ3v) is 4.76. The number of imide groups is 1. The van der Waals surface area contributed by atoms with Crippen LogP contribution in [0.1, 0.15) is 11.7 Å². The molecule has 0 aliphatic heterocycles. The Morgan fingerprint density at radius 1 is 1.24 bits per heavy atom. The van der Waals surface area contributed by atoms with Gasteiger partial charge in [-0.05, 0) is 23.6 Å². The van der Waals surface area contributed by atoms with E-state index in [1.165, 1.54) is 18.4 Å². The zero-order valence-corrected chi connectivity index (χ0v) is 16.3. The maximum Gasteiger partial charge on any atom is 0.415 e. The number of carbonyl (C=O) groups is 3. The van der Waals surface area contributed by atoms with Gasteiger partial charge in [-0.3, -0.25) is 14.9 Å². The molecule has 1 heterocycles. The third kappa shape index (κ3) is 4.89. The Morgan fingerprint density at radius 2 is 1.92 bits per heavy atom. The van der Waals surface area contributed by atoms with Crippen molar-refractivity contribution in [3.05, 3.63) is 34.2 Å². The lowest BCUT2D eigenvalue weighted by Gasteiger charge is -2.17. The Labute approximate surface area is 166 Å². The Bertz CT molecular complexity index is 834. The van der Waals surface area contributed by atoms with E-state index < -0.39 is 27.8 Å². The number of ether oxygens (including phenoxy) is 1. The quantitative estimate of drug-likeness (QED) is 0.703. The predicted octanol–water partition coefficient (Wildman–Crippen LogP) is 3.96. The molecule has 0 spiro atoms. The van der Waals surface area contributed by atoms with Crippen LogP contribution in [0.4, 0.5) is 4.79 Å². The van der Waals surface area contributed by atoms with E-state index in [0.29, 0.717) is 16.0 Å². The first kappa shape index (κ1) is 20.1. The molecule has 0 aliphatic carbocycles. The fraction of sp³-hybridized carbons (Fsp3) is 0.214. The van der Waals surface area contributed by atoms with E-state index in [0.717, 1.165) is 4.70 Å². The van der Waals surface area contributed by atoms with Crippen LogP contribution >= 0.6 is 57.7 Å². The zero-order chi connectivity index (χ0) is 18.8. The Balaban J connectivity index is 2.30. The van der Waals surface area contributed by atoms with E-state index in [9.17, 15) is 14.4 Å². The maximum atomic E-state index is 12.1. The topological polar surface area (TPSA) is 84.5 Å². The molecule has 3 amide bonds. The Morgan fingerprint density at radius 3 is 2.52 bits per heavy atom. The summed E-state index contributed by atoms with van der Waals surface area (Å²) in [6.07, 6.45) is -2.55. The molecular weight excluding hydrogens is 434 g/mol. The molecule has 2 rings (SSSR count). The maximum absolute atomic E-state index is 12.1. The lowest BCUT2D eigenvalue weighted by Crippen LogP contribution is -2.41. The molecule has 1 atom stereocenters. The average molecular weight is 444 g/mol. The molecule has 25 heavy (non-hydrogen) atoms. The zero-order valence-electron chi connectivity index (χ0n) is 12.4. The van der Waals surface area contributed by atoms with E-state index >= 15 is 0 Å². The summed E-state index contributed by atoms with van der Waals surface area (Å²) >= 11 is 23.4. The number of halogens is 4. The van der Waals surface area contributed by atoms with Crippen LogP contribution in [-0.4, -0.2) is 28.7 Å². The van der Waals surface area contributed by atoms with Crippen molar-refractivity contribution in [3.8, 4) is 0 Å². The first-order valence-electron chi connectivity index (χ1n) is 6.60. The molecule has 6 nitrogen and oxygen atoms in total. The summed E-state index contributed by atoms with van der Waals surface area (Å²) in [5.41, 5.74) is 0.415. The molecule has 1 unspecified atom stereocenters. The predicted molar refractivity (Wildman–Crippen MR) is 98.6 cm³/mol. The number of alkyl halides is 3. The normalized spacial score (nSPS) is 12.5. The molecule has 1 aromatic carbocycles. The smallest absolute Gasteiger partial charge is 0.415 e. The van der Waals surface area contributed by atoms with Crippen LogP contribution in [0.3, 0.4) is 0 Å². The van der Waals surface area contributed by atoms with Crippen LogP contribution in [0.25, 0.3) is 10.1 Å². The van der Waals surface area contributed by atoms with E-state index in [1.54, 1.807) is 28.9 Å². The average Bonchev–Trinajstić information content (AvgIpc) is 2.93. The number of nitrogens with one attached hydrogen (secondary N) is 2. The standard InChI is InChI=1S/C14H10Cl4N2O4S/c1-19-11(21)10(24-13(23)20-12(22)14(16,17)18)8-5-25-9-3-2-6(15)4-7(8)9/h2-5,10H,1H3,(H,19,21)(H,20,22,23). The molecule has 11 heteroatoms. The number of benzene rings is 1. The SMILES string of the molecule is CNC(=O)C(OC(=O)NC(=O)C(Cl)(Cl)Cl)c1csc2ccc(Cl)cc12. The lowest BCUT2D eigenvalue weighted by molar-refractivity contribution is -0.130. The van der Waals surface area contributed by atoms with Crippen LogP contribution in [0.15, 0.2) is 23.6 Å². The number of alkyl carbamates (subject to hydrolysis) is 1. The van der Waals surface area contributed by atoms with Gasteiger partial charge in [0.1, 0.15) is 0 Å². The number of amides is 3. The number of hydrogen-bond acceptors (Lipinski definition) is 5. The van der Waals surface area contributed by atoms with Gasteiger partial charge in [0.15, 0.2) is 0 Å². The monoisotopic (exact) mass is 442 g/mol. The summed E-state index contributed by atoms with van der Waals surface area (Å²) in [6, 6.07) is 5.12. The van der Waals surface area contributed by atoms with Crippen molar-refractivity contribution < 1.29 is 19.1 Å². The molecular formula is C14H10Cl4N2O4S. The van der Waals surface area contributed by atoms with Gasteiger partial charge in [0, 0.05) is 27.7 Å². The molecule has 2 N–H and O–H groups in total. The second-order valence-electron chi connectivity index (χ2n) is 4.68. The molecule has 0 radical (unpaired) electrons. The number of carbonyl (C=O) groups excluding carboxylic acids is 3. The van der Waals surface area contributed by atoms with E-state index in [4.69, 9.17) is 51.1 Å². The van der Waals surface area contributed by atoms with Crippen LogP contribution in [-0.2, 0) is 14.3 Å². The van der Waals surface area contributed by atoms with Crippen molar-refractivity contribution in [1.29, 1.82) is 0 Å². The first-order valence-corrected chi connectivity index (χ1v) is 8.99. The second kappa shape index (κ2) is 7.97. The van der Waals surface area contributed by atoms with Crippen molar-refractivity contribution in [2.24, 2.45) is 0 Å². The Hall–Kier alpha value is -1.25. The van der Waals surface area contributed by atoms with Gasteiger partial charge in [-0.15, -0.1) is 11.3 Å². The first-order chi connectivity index (χ1) is 11.6. The van der Waals surface area contributed by atoms with Gasteiger partial charge in [-0.2, -0.15) is 0 Å². The highest BCUT2D eigenvalue weighted by molar-refractivity contribution is 7.17. The summed E-state index contributed by atoms with van der Waals surface area (Å²) < 4.78 is 3.57. The van der Waals surface area contributed by atoms with Crippen LogP contribution in [0.5, 0.6) is 0 Å². The van der Waals surface area contributed by atoms with Crippen LogP contribution < -0.4 is 10.6 Å². The van der Waals surface area contributed by atoms with Gasteiger partial charge in [0.2, 0.25) is 6.10 Å². The minimum Gasteiger partial charge on any atom is -0.431 e. The van der Waals surface area contributed by atoms with Crippen molar-refractivity contribution in [2.45, 2.75) is 9.90 Å². The van der Waals surface area contributed by atoms with Gasteiger partial charge in [-0.1, -0.05) is 46.4 Å². The van der Waals surface area contributed by atoms with Gasteiger partial charge < -0.3 is 10.1 Å². The molecule has 0 saturated carbocycles. The molecule has 0 fully saturated rings. The molecule has 1 aromatic heterocycles. The van der Waals surface area contributed by atoms with E-state index in [2.05, 4.69) is 5.32 Å². The van der Waals surface area contributed by atoms with Gasteiger partial charge >= 0.3 is 6.09 Å². The lowest BCUT2D eigenvalue weighted by atomic mass is 10.1. The minimum absolute atomic E-state index is 0.415. The minimum atomic E-state index is -2.34. The number of hydrogen-bond donors (Lipinski definition) is 2. The Kier molecular flexibility index (Phi) is 6.40. The number of rotatable bonds is 3. The highest BCUT2D eigenvalue weighted by Crippen LogP contribution is 2.34. The highest BCUT2D eigenvalue weighted by Gasteiger charge is 2.34. The van der Waals surface area contributed by atoms with Crippen LogP contribution in [0, 0.1) is 0 Å². The molecule has 0 aliphatic rings. The largest absolute Gasteiger partial charge is 0.431 e. The number of thiophene rings is 1. The summed E-state index contributed by atoms with van der Waals surface area (Å²) in [5.74, 6) is -1.80. The molecule has 0 saturated heterocycles. The summed E-state index contributed by atoms with van der Waals surface area (Å²) in [5, 5.41) is 6.90. The van der Waals surface area contributed by atoms with Crippen molar-refractivity contribution in [1.82, 2.24) is 10.6 Å². The van der Waals surface area contributed by atoms with Crippen molar-refractivity contribution >= 4 is 85.7 Å². The van der Waals surface area contributed by atoms with Gasteiger partial charge in [0.05, 0.1) is 0 Å². The summed E-state index contributed by atoms with van der Waals surface area (Å²) in [6.45, 7) is 0. The van der Waals surface area contributed by atoms with Crippen molar-refractivity contribution in [2.75, 3.05) is 7.05 Å². The van der Waals surface area contributed by atoms with Crippen LogP contribution in [0.2, 0.25) is 5.02 Å². The third-order valence-electron chi connectivity index (χ3n) is 3.03. The van der Waals surface area contributed by atoms with Crippen molar-refractivity contribution in [3.63, 3.8) is 0 Å². The number of likely N-dealkylation sites (N-methyl/N-ethyl adjacent to an activating group) is 1. The van der Waals surface area contributed by atoms with E-state index in [-0.39, 0.29) is 0 Å². The highest BCUT2D eigenvalue weighted by atomic mass is 35.6. The van der Waals surface area contributed by atoms with Gasteiger partial charge in [0.25, 0.3) is 15.6 Å². The molecule has 0 bridgehead atoms. The molecule has 2 aromatic rings. The van der Waals surface area contributed by atoms with E-state index in [1.807, 2.05) is 0 Å². The second-order valence-corrected chi connectivity index (χ2v) is 8.31. The van der Waals surface area contributed by atoms with Gasteiger partial charge in [-0.25, -0.2) is 4.79 Å². The fourth-order valence-electron chi connectivity index (χ4n) is 1.91. The fourth-order valence-corrected chi connectivity index (χ4v) is 3.18. The number of fused-ring (bicyclic) bond motifs is 1. The summed E-state index contributed by atoms with van der Waals surface area (Å²) in [4.78, 5) is 35.6. The molecule has 134 valence electrons.